The first-order valence-electron chi connectivity index (χ1n) is 3.70. The summed E-state index contributed by atoms with van der Waals surface area (Å²) in [5.41, 5.74) is 0.997. The number of hydrogen-bond acceptors (Lipinski definition) is 3. The molecule has 0 saturated carbocycles. The lowest BCUT2D eigenvalue weighted by Gasteiger charge is -1.93. The van der Waals surface area contributed by atoms with Gasteiger partial charge in [0.15, 0.2) is 0 Å². The van der Waals surface area contributed by atoms with Crippen LogP contribution in [0.4, 0.5) is 0 Å². The molecule has 0 saturated heterocycles. The molecule has 0 atom stereocenters. The Bertz CT molecular complexity index is 270. The van der Waals surface area contributed by atoms with Crippen molar-refractivity contribution in [3.8, 4) is 0 Å². The van der Waals surface area contributed by atoms with E-state index in [2.05, 4.69) is 5.10 Å². The number of hydrogen-bond donors (Lipinski definition) is 0. The Morgan fingerprint density at radius 3 is 3.00 bits per heavy atom. The molecule has 0 unspecified atom stereocenters. The van der Waals surface area contributed by atoms with Crippen LogP contribution >= 0.6 is 11.8 Å². The van der Waals surface area contributed by atoms with E-state index in [1.54, 1.807) is 22.6 Å². The first kappa shape index (κ1) is 9.32. The molecule has 0 N–H and O–H groups in total. The summed E-state index contributed by atoms with van der Waals surface area (Å²) in [5, 5.41) is 3.99. The van der Waals surface area contributed by atoms with Crippen LogP contribution in [-0.4, -0.2) is 27.6 Å². The minimum atomic E-state index is 0.260. The molecule has 0 fully saturated rings. The lowest BCUT2D eigenvalue weighted by atomic mass is 10.2. The normalized spacial score (nSPS) is 10.2. The zero-order valence-electron chi connectivity index (χ0n) is 7.28. The zero-order chi connectivity index (χ0) is 8.97. The Kier molecular flexibility index (Phi) is 3.34. The van der Waals surface area contributed by atoms with Gasteiger partial charge in [-0.2, -0.15) is 16.9 Å². The third-order valence-corrected chi connectivity index (χ3v) is 2.08. The van der Waals surface area contributed by atoms with Crippen LogP contribution in [0.2, 0.25) is 0 Å². The molecule has 0 spiro atoms. The molecule has 0 aliphatic rings. The molecule has 4 heteroatoms. The highest BCUT2D eigenvalue weighted by Crippen LogP contribution is 2.01. The monoisotopic (exact) mass is 184 g/mol. The second kappa shape index (κ2) is 4.30. The molecule has 12 heavy (non-hydrogen) atoms. The molecule has 1 aromatic rings. The van der Waals surface area contributed by atoms with Crippen molar-refractivity contribution in [2.75, 3.05) is 12.0 Å². The summed E-state index contributed by atoms with van der Waals surface area (Å²) in [5.74, 6) is 0.852. The van der Waals surface area contributed by atoms with Gasteiger partial charge in [-0.1, -0.05) is 0 Å². The minimum absolute atomic E-state index is 0.260. The zero-order valence-corrected chi connectivity index (χ0v) is 8.10. The Morgan fingerprint density at radius 2 is 2.50 bits per heavy atom. The van der Waals surface area contributed by atoms with Gasteiger partial charge < -0.3 is 0 Å². The van der Waals surface area contributed by atoms with Crippen molar-refractivity contribution in [2.24, 2.45) is 7.05 Å². The van der Waals surface area contributed by atoms with E-state index in [1.165, 1.54) is 0 Å². The van der Waals surface area contributed by atoms with Crippen LogP contribution < -0.4 is 0 Å². The first-order valence-corrected chi connectivity index (χ1v) is 5.10. The van der Waals surface area contributed by atoms with Crippen molar-refractivity contribution < 1.29 is 4.79 Å². The molecule has 0 aromatic carbocycles. The third kappa shape index (κ3) is 2.70. The maximum atomic E-state index is 11.2. The molecular formula is C8H12N2OS. The van der Waals surface area contributed by atoms with Gasteiger partial charge in [-0.15, -0.1) is 0 Å². The largest absolute Gasteiger partial charge is 0.298 e. The fraction of sp³-hybridized carbons (Fsp3) is 0.500. The number of carbonyl (C=O) groups excluding carboxylic acids is 1. The van der Waals surface area contributed by atoms with E-state index in [9.17, 15) is 4.79 Å². The molecule has 1 aromatic heterocycles. The van der Waals surface area contributed by atoms with Crippen LogP contribution in [-0.2, 0) is 18.3 Å². The van der Waals surface area contributed by atoms with Crippen LogP contribution in [0, 0.1) is 0 Å². The molecule has 3 nitrogen and oxygen atoms in total. The molecule has 0 aliphatic carbocycles. The molecule has 0 bridgehead atoms. The number of aromatic nitrogens is 2. The highest BCUT2D eigenvalue weighted by Gasteiger charge is 2.03. The maximum absolute atomic E-state index is 11.2. The predicted molar refractivity (Wildman–Crippen MR) is 50.3 cm³/mol. The molecular weight excluding hydrogens is 172 g/mol. The van der Waals surface area contributed by atoms with Crippen LogP contribution in [0.25, 0.3) is 0 Å². The number of ketones is 1. The van der Waals surface area contributed by atoms with E-state index >= 15 is 0 Å². The van der Waals surface area contributed by atoms with Gasteiger partial charge in [0.25, 0.3) is 0 Å². The third-order valence-electron chi connectivity index (χ3n) is 1.46. The fourth-order valence-electron chi connectivity index (χ4n) is 1.00. The number of thioether (sulfide) groups is 1. The summed E-state index contributed by atoms with van der Waals surface area (Å²) in [6.07, 6.45) is 6.05. The van der Waals surface area contributed by atoms with E-state index in [0.717, 1.165) is 5.56 Å². The maximum Gasteiger partial charge on any atom is 0.147 e. The van der Waals surface area contributed by atoms with Gasteiger partial charge in [-0.3, -0.25) is 9.48 Å². The Labute approximate surface area is 76.1 Å². The van der Waals surface area contributed by atoms with E-state index in [1.807, 2.05) is 19.5 Å². The lowest BCUT2D eigenvalue weighted by Crippen LogP contribution is -2.04. The summed E-state index contributed by atoms with van der Waals surface area (Å²) in [7, 11) is 1.85. The standard InChI is InChI=1S/C8H12N2OS/c1-10-5-7(4-9-10)3-8(11)6-12-2/h4-5H,3,6H2,1-2H3. The van der Waals surface area contributed by atoms with E-state index in [-0.39, 0.29) is 5.78 Å². The number of aryl methyl sites for hydroxylation is 1. The van der Waals surface area contributed by atoms with E-state index in [0.29, 0.717) is 12.2 Å². The van der Waals surface area contributed by atoms with E-state index < -0.39 is 0 Å². The Morgan fingerprint density at radius 1 is 1.75 bits per heavy atom. The van der Waals surface area contributed by atoms with Gasteiger partial charge in [0.05, 0.1) is 11.9 Å². The van der Waals surface area contributed by atoms with Crippen molar-refractivity contribution in [3.63, 3.8) is 0 Å². The number of nitrogens with zero attached hydrogens (tertiary/aromatic N) is 2. The van der Waals surface area contributed by atoms with Crippen LogP contribution in [0.3, 0.4) is 0 Å². The second-order valence-corrected chi connectivity index (χ2v) is 3.54. The molecule has 0 amide bonds. The van der Waals surface area contributed by atoms with Crippen LogP contribution in [0.15, 0.2) is 12.4 Å². The second-order valence-electron chi connectivity index (χ2n) is 2.67. The topological polar surface area (TPSA) is 34.9 Å². The van der Waals surface area contributed by atoms with Gasteiger partial charge >= 0.3 is 0 Å². The van der Waals surface area contributed by atoms with Gasteiger partial charge in [0, 0.05) is 19.7 Å². The van der Waals surface area contributed by atoms with Crippen molar-refractivity contribution >= 4 is 17.5 Å². The van der Waals surface area contributed by atoms with Gasteiger partial charge in [0.1, 0.15) is 5.78 Å². The van der Waals surface area contributed by atoms with E-state index in [4.69, 9.17) is 0 Å². The average Bonchev–Trinajstić information content (AvgIpc) is 2.36. The number of carbonyl (C=O) groups is 1. The lowest BCUT2D eigenvalue weighted by molar-refractivity contribution is -0.115. The molecule has 1 rings (SSSR count). The molecule has 66 valence electrons. The van der Waals surface area contributed by atoms with Crippen LogP contribution in [0.1, 0.15) is 5.56 Å². The Hall–Kier alpha value is -0.770. The van der Waals surface area contributed by atoms with Crippen molar-refractivity contribution in [3.05, 3.63) is 18.0 Å². The Balaban J connectivity index is 2.46. The van der Waals surface area contributed by atoms with Gasteiger partial charge in [0.2, 0.25) is 0 Å². The highest BCUT2D eigenvalue weighted by molar-refractivity contribution is 7.99. The van der Waals surface area contributed by atoms with Gasteiger partial charge in [-0.25, -0.2) is 0 Å². The quantitative estimate of drug-likeness (QED) is 0.697. The average molecular weight is 184 g/mol. The predicted octanol–water partition coefficient (Wildman–Crippen LogP) is 0.895. The van der Waals surface area contributed by atoms with Crippen molar-refractivity contribution in [1.29, 1.82) is 0 Å². The minimum Gasteiger partial charge on any atom is -0.298 e. The molecule has 1 heterocycles. The van der Waals surface area contributed by atoms with Crippen molar-refractivity contribution in [1.82, 2.24) is 9.78 Å². The smallest absolute Gasteiger partial charge is 0.147 e. The highest BCUT2D eigenvalue weighted by atomic mass is 32.2. The molecule has 0 radical (unpaired) electrons. The summed E-state index contributed by atoms with van der Waals surface area (Å²) in [4.78, 5) is 11.2. The summed E-state index contributed by atoms with van der Waals surface area (Å²) < 4.78 is 1.71. The molecule has 0 aliphatic heterocycles. The SMILES string of the molecule is CSCC(=O)Cc1cnn(C)c1. The first-order chi connectivity index (χ1) is 5.72. The van der Waals surface area contributed by atoms with Gasteiger partial charge in [-0.05, 0) is 11.8 Å². The summed E-state index contributed by atoms with van der Waals surface area (Å²) in [6.45, 7) is 0. The van der Waals surface area contributed by atoms with Crippen molar-refractivity contribution in [2.45, 2.75) is 6.42 Å². The summed E-state index contributed by atoms with van der Waals surface area (Å²) >= 11 is 1.56. The summed E-state index contributed by atoms with van der Waals surface area (Å²) in [6, 6.07) is 0. The fourth-order valence-corrected chi connectivity index (χ4v) is 1.43. The number of rotatable bonds is 4. The van der Waals surface area contributed by atoms with Crippen LogP contribution in [0.5, 0.6) is 0 Å². The number of Topliss-reactive ketones (excluding diaryl/α,β-unsaturated/α-hetero) is 1.